The highest BCUT2D eigenvalue weighted by Gasteiger charge is 2.37. The Morgan fingerprint density at radius 3 is 2.42 bits per heavy atom. The van der Waals surface area contributed by atoms with Crippen molar-refractivity contribution in [1.29, 1.82) is 0 Å². The molecule has 1 aliphatic heterocycles. The van der Waals surface area contributed by atoms with Crippen molar-refractivity contribution >= 4 is 34.8 Å². The summed E-state index contributed by atoms with van der Waals surface area (Å²) in [6.45, 7) is 9.65. The number of hydrogen-bond donors (Lipinski definition) is 1. The fourth-order valence-corrected chi connectivity index (χ4v) is 5.74. The molecule has 3 amide bonds. The minimum absolute atomic E-state index is 0.0210. The molecule has 2 aromatic heterocycles. The van der Waals surface area contributed by atoms with Crippen LogP contribution in [-0.4, -0.2) is 70.3 Å². The molecular formula is C33H39FN4O4S. The van der Waals surface area contributed by atoms with E-state index in [4.69, 9.17) is 0 Å². The molecule has 2 unspecified atom stereocenters. The minimum Gasteiger partial charge on any atom is -0.340 e. The highest BCUT2D eigenvalue weighted by Crippen LogP contribution is 2.26. The lowest BCUT2D eigenvalue weighted by atomic mass is 9.86. The quantitative estimate of drug-likeness (QED) is 0.359. The maximum absolute atomic E-state index is 15.6. The number of carbonyl (C=O) groups is 4. The number of thiophene rings is 1. The molecule has 0 aliphatic carbocycles. The SMILES string of the molecule is CC(C)CC(NC(=O)c1ccc(C(C)(C)C)cc1)C(=O)N1CCCN(C(=O)c2cncc(-c3cccs3)c2)CC(=O)C1F. The summed E-state index contributed by atoms with van der Waals surface area (Å²) in [7, 11) is 0. The Bertz CT molecular complexity index is 1450. The van der Waals surface area contributed by atoms with Crippen LogP contribution >= 0.6 is 11.3 Å². The van der Waals surface area contributed by atoms with Crippen molar-refractivity contribution in [2.45, 2.75) is 65.2 Å². The molecule has 4 rings (SSSR count). The first-order valence-corrected chi connectivity index (χ1v) is 15.4. The maximum atomic E-state index is 15.6. The number of hydrogen-bond acceptors (Lipinski definition) is 6. The summed E-state index contributed by atoms with van der Waals surface area (Å²) in [6, 6.07) is 11.7. The van der Waals surface area contributed by atoms with Gasteiger partial charge in [0, 0.05) is 41.5 Å². The summed E-state index contributed by atoms with van der Waals surface area (Å²) < 4.78 is 15.6. The van der Waals surface area contributed by atoms with Crippen LogP contribution in [-0.2, 0) is 15.0 Å². The number of nitrogens with zero attached hydrogens (tertiary/aromatic N) is 3. The Labute approximate surface area is 256 Å². The van der Waals surface area contributed by atoms with E-state index in [9.17, 15) is 19.2 Å². The average Bonchev–Trinajstić information content (AvgIpc) is 3.51. The molecule has 0 spiro atoms. The smallest absolute Gasteiger partial charge is 0.255 e. The second-order valence-electron chi connectivity index (χ2n) is 12.3. The average molecular weight is 607 g/mol. The predicted molar refractivity (Wildman–Crippen MR) is 166 cm³/mol. The first-order chi connectivity index (χ1) is 20.3. The monoisotopic (exact) mass is 606 g/mol. The number of amides is 3. The Morgan fingerprint density at radius 1 is 1.07 bits per heavy atom. The van der Waals surface area contributed by atoms with Crippen LogP contribution in [0.15, 0.2) is 60.2 Å². The van der Waals surface area contributed by atoms with Crippen LogP contribution in [0, 0.1) is 5.92 Å². The van der Waals surface area contributed by atoms with Gasteiger partial charge in [0.05, 0.1) is 12.1 Å². The molecular weight excluding hydrogens is 567 g/mol. The normalized spacial score (nSPS) is 16.9. The summed E-state index contributed by atoms with van der Waals surface area (Å²) >= 11 is 1.52. The lowest BCUT2D eigenvalue weighted by Gasteiger charge is -2.34. The van der Waals surface area contributed by atoms with Gasteiger partial charge in [-0.3, -0.25) is 24.2 Å². The van der Waals surface area contributed by atoms with Crippen molar-refractivity contribution < 1.29 is 23.6 Å². The number of aromatic nitrogens is 1. The van der Waals surface area contributed by atoms with Crippen LogP contribution in [0.2, 0.25) is 0 Å². The van der Waals surface area contributed by atoms with E-state index in [0.717, 1.165) is 20.9 Å². The van der Waals surface area contributed by atoms with Gasteiger partial charge in [0.15, 0.2) is 0 Å². The highest BCUT2D eigenvalue weighted by molar-refractivity contribution is 7.13. The summed E-state index contributed by atoms with van der Waals surface area (Å²) in [6.07, 6.45) is 1.40. The van der Waals surface area contributed by atoms with Crippen molar-refractivity contribution in [3.8, 4) is 10.4 Å². The van der Waals surface area contributed by atoms with Gasteiger partial charge in [-0.1, -0.05) is 52.8 Å². The first kappa shape index (κ1) is 32.0. The second-order valence-corrected chi connectivity index (χ2v) is 13.3. The van der Waals surface area contributed by atoms with Crippen LogP contribution in [0.1, 0.15) is 73.7 Å². The first-order valence-electron chi connectivity index (χ1n) is 14.5. The van der Waals surface area contributed by atoms with Crippen molar-refractivity contribution in [2.24, 2.45) is 5.92 Å². The fraction of sp³-hybridized carbons (Fsp3) is 0.424. The lowest BCUT2D eigenvalue weighted by molar-refractivity contribution is -0.148. The molecule has 228 valence electrons. The van der Waals surface area contributed by atoms with Gasteiger partial charge in [0.25, 0.3) is 11.8 Å². The number of ketones is 1. The molecule has 1 N–H and O–H groups in total. The molecule has 2 atom stereocenters. The largest absolute Gasteiger partial charge is 0.340 e. The summed E-state index contributed by atoms with van der Waals surface area (Å²) in [5.41, 5.74) is 2.46. The zero-order valence-electron chi connectivity index (χ0n) is 25.3. The molecule has 1 aromatic carbocycles. The van der Waals surface area contributed by atoms with Crippen molar-refractivity contribution in [1.82, 2.24) is 20.1 Å². The summed E-state index contributed by atoms with van der Waals surface area (Å²) in [5, 5.41) is 4.71. The number of rotatable bonds is 7. The lowest BCUT2D eigenvalue weighted by Crippen LogP contribution is -2.56. The Balaban J connectivity index is 1.45. The van der Waals surface area contributed by atoms with Gasteiger partial charge in [-0.2, -0.15) is 0 Å². The van der Waals surface area contributed by atoms with Crippen LogP contribution < -0.4 is 5.32 Å². The van der Waals surface area contributed by atoms with Crippen molar-refractivity contribution in [3.05, 3.63) is 76.9 Å². The second kappa shape index (κ2) is 13.6. The zero-order chi connectivity index (χ0) is 31.3. The van der Waals surface area contributed by atoms with E-state index in [1.165, 1.54) is 22.4 Å². The molecule has 0 bridgehead atoms. The van der Waals surface area contributed by atoms with E-state index in [-0.39, 0.29) is 37.3 Å². The predicted octanol–water partition coefficient (Wildman–Crippen LogP) is 5.49. The minimum atomic E-state index is -2.24. The molecule has 10 heteroatoms. The van der Waals surface area contributed by atoms with Gasteiger partial charge in [-0.25, -0.2) is 4.39 Å². The van der Waals surface area contributed by atoms with E-state index >= 15 is 4.39 Å². The molecule has 8 nitrogen and oxygen atoms in total. The maximum Gasteiger partial charge on any atom is 0.255 e. The van der Waals surface area contributed by atoms with Crippen LogP contribution in [0.4, 0.5) is 4.39 Å². The third-order valence-electron chi connectivity index (χ3n) is 7.40. The number of benzene rings is 1. The molecule has 43 heavy (non-hydrogen) atoms. The van der Waals surface area contributed by atoms with Crippen molar-refractivity contribution in [2.75, 3.05) is 19.6 Å². The van der Waals surface area contributed by atoms with Crippen LogP contribution in [0.25, 0.3) is 10.4 Å². The van der Waals surface area contributed by atoms with Gasteiger partial charge in [-0.05, 0) is 59.4 Å². The topological polar surface area (TPSA) is 99.7 Å². The Kier molecular flexibility index (Phi) is 10.1. The van der Waals surface area contributed by atoms with Crippen LogP contribution in [0.3, 0.4) is 0 Å². The Morgan fingerprint density at radius 2 is 1.79 bits per heavy atom. The summed E-state index contributed by atoms with van der Waals surface area (Å²) in [4.78, 5) is 60.4. The zero-order valence-corrected chi connectivity index (χ0v) is 26.1. The number of Topliss-reactive ketones (excluding diaryl/α,β-unsaturated/α-hetero) is 1. The number of alkyl halides is 1. The number of halogens is 1. The third kappa shape index (κ3) is 7.93. The Hall–Kier alpha value is -3.92. The third-order valence-corrected chi connectivity index (χ3v) is 8.32. The molecule has 0 radical (unpaired) electrons. The standard InChI is InChI=1S/C33H39FN4O4S/c1-21(2)16-26(36-30(40)22-9-11-25(12-10-22)33(3,4)5)32(42)38-14-7-13-37(20-27(39)29(38)34)31(41)24-17-23(18-35-19-24)28-8-6-15-43-28/h6,8-12,15,17-19,21,26,29H,7,13-14,16,20H2,1-5H3,(H,36,40). The van der Waals surface area contributed by atoms with Crippen LogP contribution in [0.5, 0.6) is 0 Å². The van der Waals surface area contributed by atoms with E-state index in [0.29, 0.717) is 11.1 Å². The molecule has 0 saturated carbocycles. The highest BCUT2D eigenvalue weighted by atomic mass is 32.1. The van der Waals surface area contributed by atoms with Gasteiger partial charge >= 0.3 is 0 Å². The molecule has 1 aliphatic rings. The van der Waals surface area contributed by atoms with E-state index in [2.05, 4.69) is 31.1 Å². The molecule has 3 heterocycles. The van der Waals surface area contributed by atoms with E-state index < -0.39 is 42.4 Å². The molecule has 1 saturated heterocycles. The molecule has 1 fully saturated rings. The molecule has 3 aromatic rings. The van der Waals surface area contributed by atoms with Gasteiger partial charge < -0.3 is 15.1 Å². The summed E-state index contributed by atoms with van der Waals surface area (Å²) in [5.74, 6) is -2.39. The van der Waals surface area contributed by atoms with Gasteiger partial charge in [0.1, 0.15) is 6.04 Å². The van der Waals surface area contributed by atoms with Gasteiger partial charge in [0.2, 0.25) is 18.0 Å². The number of nitrogens with one attached hydrogen (secondary N) is 1. The van der Waals surface area contributed by atoms with E-state index in [1.54, 1.807) is 24.4 Å². The van der Waals surface area contributed by atoms with Crippen molar-refractivity contribution in [3.63, 3.8) is 0 Å². The number of carbonyl (C=O) groups excluding carboxylic acids is 4. The van der Waals surface area contributed by atoms with Gasteiger partial charge in [-0.15, -0.1) is 11.3 Å². The number of pyridine rings is 1. The fourth-order valence-electron chi connectivity index (χ4n) is 5.03. The van der Waals surface area contributed by atoms with E-state index in [1.807, 2.05) is 43.5 Å².